The van der Waals surface area contributed by atoms with Gasteiger partial charge >= 0.3 is 5.97 Å². The van der Waals surface area contributed by atoms with Gasteiger partial charge in [-0.05, 0) is 13.3 Å². The van der Waals surface area contributed by atoms with E-state index in [4.69, 9.17) is 5.11 Å². The molecule has 0 fully saturated rings. The Bertz CT molecular complexity index is 216. The minimum absolute atomic E-state index is 0.0407. The van der Waals surface area contributed by atoms with Gasteiger partial charge in [-0.2, -0.15) is 0 Å². The number of unbranched alkanes of at least 4 members (excludes halogenated alkanes) is 2. The number of allylic oxidation sites excluding steroid dienone is 1. The van der Waals surface area contributed by atoms with Crippen molar-refractivity contribution in [1.29, 1.82) is 0 Å². The molecular formula is C10H16O3. The first kappa shape index (κ1) is 11.9. The van der Waals surface area contributed by atoms with Crippen molar-refractivity contribution >= 4 is 11.8 Å². The minimum atomic E-state index is -0.980. The summed E-state index contributed by atoms with van der Waals surface area (Å²) in [7, 11) is 0. The zero-order chi connectivity index (χ0) is 10.3. The third-order valence-corrected chi connectivity index (χ3v) is 1.66. The van der Waals surface area contributed by atoms with E-state index in [1.165, 1.54) is 6.92 Å². The molecule has 0 rings (SSSR count). The molecule has 0 aromatic carbocycles. The Hall–Kier alpha value is -1.12. The normalized spacial score (nSPS) is 11.4. The number of carbonyl (C=O) groups excluding carboxylic acids is 1. The van der Waals surface area contributed by atoms with Crippen LogP contribution < -0.4 is 0 Å². The lowest BCUT2D eigenvalue weighted by atomic mass is 10.1. The number of ketones is 1. The number of hydrogen-bond acceptors (Lipinski definition) is 2. The number of carboxylic acid groups (broad SMARTS) is 1. The Labute approximate surface area is 78.5 Å². The highest BCUT2D eigenvalue weighted by atomic mass is 16.4. The van der Waals surface area contributed by atoms with Gasteiger partial charge in [-0.1, -0.05) is 25.8 Å². The smallest absolute Gasteiger partial charge is 0.331 e. The van der Waals surface area contributed by atoms with Crippen LogP contribution in [0.25, 0.3) is 0 Å². The van der Waals surface area contributed by atoms with E-state index in [2.05, 4.69) is 0 Å². The zero-order valence-corrected chi connectivity index (χ0v) is 8.17. The molecule has 0 saturated carbocycles. The van der Waals surface area contributed by atoms with Gasteiger partial charge in [-0.3, -0.25) is 4.79 Å². The van der Waals surface area contributed by atoms with Crippen molar-refractivity contribution in [3.63, 3.8) is 0 Å². The largest absolute Gasteiger partial charge is 0.478 e. The van der Waals surface area contributed by atoms with Crippen LogP contribution in [0.5, 0.6) is 0 Å². The molecule has 0 unspecified atom stereocenters. The van der Waals surface area contributed by atoms with Crippen LogP contribution in [0.1, 0.15) is 39.5 Å². The molecule has 0 aromatic heterocycles. The molecule has 1 N–H and O–H groups in total. The third-order valence-electron chi connectivity index (χ3n) is 1.66. The van der Waals surface area contributed by atoms with Gasteiger partial charge in [0.2, 0.25) is 0 Å². The molecule has 0 atom stereocenters. The number of carboxylic acids is 1. The molecule has 0 aliphatic heterocycles. The van der Waals surface area contributed by atoms with Crippen LogP contribution in [0.2, 0.25) is 0 Å². The van der Waals surface area contributed by atoms with Crippen molar-refractivity contribution in [2.24, 2.45) is 0 Å². The maximum atomic E-state index is 10.7. The molecule has 3 heteroatoms. The van der Waals surface area contributed by atoms with E-state index in [9.17, 15) is 9.59 Å². The third kappa shape index (κ3) is 6.08. The summed E-state index contributed by atoms with van der Waals surface area (Å²) < 4.78 is 0. The summed E-state index contributed by atoms with van der Waals surface area (Å²) in [6.45, 7) is 3.44. The minimum Gasteiger partial charge on any atom is -0.478 e. The second-order valence-corrected chi connectivity index (χ2v) is 3.06. The lowest BCUT2D eigenvalue weighted by molar-refractivity contribution is -0.133. The average molecular weight is 184 g/mol. The fraction of sp³-hybridized carbons (Fsp3) is 0.600. The second-order valence-electron chi connectivity index (χ2n) is 3.06. The monoisotopic (exact) mass is 184 g/mol. The molecule has 13 heavy (non-hydrogen) atoms. The molecule has 0 heterocycles. The Morgan fingerprint density at radius 1 is 1.38 bits per heavy atom. The fourth-order valence-electron chi connectivity index (χ4n) is 0.984. The molecule has 0 saturated heterocycles. The van der Waals surface area contributed by atoms with E-state index in [-0.39, 0.29) is 17.8 Å². The molecule has 3 nitrogen and oxygen atoms in total. The van der Waals surface area contributed by atoms with Gasteiger partial charge in [0.15, 0.2) is 0 Å². The standard InChI is InChI=1S/C10H16O3/c1-3-4-5-6-9(10(12)13)7-8(2)11/h6H,3-5,7H2,1-2H3,(H,12,13)/b9-6-. The summed E-state index contributed by atoms with van der Waals surface area (Å²) in [5.74, 6) is -1.09. The van der Waals surface area contributed by atoms with Gasteiger partial charge in [0.1, 0.15) is 5.78 Å². The van der Waals surface area contributed by atoms with Crippen LogP contribution in [0.4, 0.5) is 0 Å². The molecule has 0 amide bonds. The SMILES string of the molecule is CCCC/C=C(/CC(C)=O)C(=O)O. The average Bonchev–Trinajstić information content (AvgIpc) is 2.02. The highest BCUT2D eigenvalue weighted by molar-refractivity contribution is 5.93. The maximum absolute atomic E-state index is 10.7. The van der Waals surface area contributed by atoms with Crippen LogP contribution in [-0.4, -0.2) is 16.9 Å². The number of carbonyl (C=O) groups is 2. The molecule has 0 radical (unpaired) electrons. The topological polar surface area (TPSA) is 54.4 Å². The van der Waals surface area contributed by atoms with Gasteiger partial charge in [-0.15, -0.1) is 0 Å². The highest BCUT2D eigenvalue weighted by Gasteiger charge is 2.08. The summed E-state index contributed by atoms with van der Waals surface area (Å²) in [4.78, 5) is 21.3. The number of rotatable bonds is 6. The van der Waals surface area contributed by atoms with Crippen LogP contribution in [-0.2, 0) is 9.59 Å². The molecule has 0 aliphatic rings. The number of aliphatic carboxylic acids is 1. The van der Waals surface area contributed by atoms with Crippen LogP contribution >= 0.6 is 0 Å². The van der Waals surface area contributed by atoms with Crippen molar-refractivity contribution in [3.05, 3.63) is 11.6 Å². The zero-order valence-electron chi connectivity index (χ0n) is 8.17. The number of Topliss-reactive ketones (excluding diaryl/α,β-unsaturated/α-hetero) is 1. The van der Waals surface area contributed by atoms with Crippen molar-refractivity contribution in [1.82, 2.24) is 0 Å². The van der Waals surface area contributed by atoms with Gasteiger partial charge in [0.05, 0.1) is 0 Å². The second kappa shape index (κ2) is 6.40. The maximum Gasteiger partial charge on any atom is 0.331 e. The first-order valence-electron chi connectivity index (χ1n) is 4.49. The van der Waals surface area contributed by atoms with Crippen LogP contribution in [0.15, 0.2) is 11.6 Å². The predicted molar refractivity (Wildman–Crippen MR) is 50.5 cm³/mol. The Morgan fingerprint density at radius 2 is 2.00 bits per heavy atom. The summed E-state index contributed by atoms with van der Waals surface area (Å²) in [5, 5.41) is 8.70. The molecule has 74 valence electrons. The molecule has 0 bridgehead atoms. The lowest BCUT2D eigenvalue weighted by Gasteiger charge is -1.98. The van der Waals surface area contributed by atoms with Gasteiger partial charge < -0.3 is 5.11 Å². The van der Waals surface area contributed by atoms with Crippen molar-refractivity contribution < 1.29 is 14.7 Å². The Kier molecular flexibility index (Phi) is 5.85. The van der Waals surface area contributed by atoms with Crippen LogP contribution in [0, 0.1) is 0 Å². The van der Waals surface area contributed by atoms with Gasteiger partial charge in [0, 0.05) is 12.0 Å². The molecule has 0 aliphatic carbocycles. The van der Waals surface area contributed by atoms with Gasteiger partial charge in [-0.25, -0.2) is 4.79 Å². The first-order valence-corrected chi connectivity index (χ1v) is 4.49. The summed E-state index contributed by atoms with van der Waals surface area (Å²) in [6.07, 6.45) is 4.43. The van der Waals surface area contributed by atoms with E-state index in [1.54, 1.807) is 6.08 Å². The summed E-state index contributed by atoms with van der Waals surface area (Å²) in [5.41, 5.74) is 0.223. The van der Waals surface area contributed by atoms with Crippen LogP contribution in [0.3, 0.4) is 0 Å². The fourth-order valence-corrected chi connectivity index (χ4v) is 0.984. The molecule has 0 aromatic rings. The number of hydrogen-bond donors (Lipinski definition) is 1. The summed E-state index contributed by atoms with van der Waals surface area (Å²) >= 11 is 0. The van der Waals surface area contributed by atoms with E-state index in [0.29, 0.717) is 0 Å². The molecular weight excluding hydrogens is 168 g/mol. The van der Waals surface area contributed by atoms with E-state index in [0.717, 1.165) is 19.3 Å². The lowest BCUT2D eigenvalue weighted by Crippen LogP contribution is -2.04. The highest BCUT2D eigenvalue weighted by Crippen LogP contribution is 2.06. The quantitative estimate of drug-likeness (QED) is 0.508. The van der Waals surface area contributed by atoms with Gasteiger partial charge in [0.25, 0.3) is 0 Å². The van der Waals surface area contributed by atoms with E-state index in [1.807, 2.05) is 6.92 Å². The Morgan fingerprint density at radius 3 is 2.38 bits per heavy atom. The summed E-state index contributed by atoms with van der Waals surface area (Å²) in [6, 6.07) is 0. The molecule has 0 spiro atoms. The van der Waals surface area contributed by atoms with E-state index >= 15 is 0 Å². The van der Waals surface area contributed by atoms with E-state index < -0.39 is 5.97 Å². The van der Waals surface area contributed by atoms with Crippen molar-refractivity contribution in [2.45, 2.75) is 39.5 Å². The first-order chi connectivity index (χ1) is 6.07. The van der Waals surface area contributed by atoms with Crippen molar-refractivity contribution in [2.75, 3.05) is 0 Å². The Balaban J connectivity index is 4.15. The predicted octanol–water partition coefficient (Wildman–Crippen LogP) is 2.17. The van der Waals surface area contributed by atoms with Crippen molar-refractivity contribution in [3.8, 4) is 0 Å².